The number of hydrogen-bond donors (Lipinski definition) is 0. The SMILES string of the molecule is [2H]c1c([2H])c([2H])c(-c2c([2H])c([2H])c(N(c3c([2H])c([2H])c4c(c3[2H])C(C)(C)c3c([2H])c([2H])c([2H])c([2H])c3-4)c3c([2H])c([2H])c([2H])c4oc5c([2H])c([2H])c([2H])c([2H])c5c34)c([2H])c2[2H])c([2H])c1[2H]. The third-order valence-corrected chi connectivity index (χ3v) is 6.95. The standard InChI is InChI=1S/C39H29NO/c1-39(2)33-15-8-6-13-30(33)31-24-23-29(25-34(31)39)40(28-21-19-27(20-22-28)26-11-4-3-5-12-26)35-16-10-18-37-38(35)32-14-7-9-17-36(32)41-37/h3-25H,1-2H3/i3D,4D,5D,6D,7D,8D,9D,10D,11D,12D,13D,14D,15D,16D,17D,18D,19D,20D,21D,22D,23D,24D,25D. The van der Waals surface area contributed by atoms with Crippen molar-refractivity contribution in [3.63, 3.8) is 0 Å². The lowest BCUT2D eigenvalue weighted by molar-refractivity contribution is 0.660. The lowest BCUT2D eigenvalue weighted by Gasteiger charge is -2.28. The molecule has 0 fully saturated rings. The van der Waals surface area contributed by atoms with Crippen molar-refractivity contribution in [1.82, 2.24) is 0 Å². The summed E-state index contributed by atoms with van der Waals surface area (Å²) < 4.78 is 210. The Morgan fingerprint density at radius 2 is 1.22 bits per heavy atom. The van der Waals surface area contributed by atoms with E-state index in [9.17, 15) is 11.0 Å². The summed E-state index contributed by atoms with van der Waals surface area (Å²) in [6.45, 7) is 2.98. The van der Waals surface area contributed by atoms with Gasteiger partial charge in [-0.05, 0) is 75.7 Å². The molecule has 1 heterocycles. The maximum Gasteiger partial charge on any atom is 0.137 e. The highest BCUT2D eigenvalue weighted by molar-refractivity contribution is 6.13. The number of hydrogen-bond acceptors (Lipinski definition) is 2. The van der Waals surface area contributed by atoms with Gasteiger partial charge in [-0.2, -0.15) is 0 Å². The van der Waals surface area contributed by atoms with Crippen LogP contribution in [0.5, 0.6) is 0 Å². The molecule has 0 saturated carbocycles. The zero-order valence-corrected chi connectivity index (χ0v) is 21.4. The van der Waals surface area contributed by atoms with E-state index >= 15 is 0 Å². The van der Waals surface area contributed by atoms with E-state index in [1.54, 1.807) is 0 Å². The van der Waals surface area contributed by atoms with Crippen LogP contribution < -0.4 is 4.90 Å². The Morgan fingerprint density at radius 1 is 0.561 bits per heavy atom. The van der Waals surface area contributed by atoms with Gasteiger partial charge in [0.25, 0.3) is 0 Å². The smallest absolute Gasteiger partial charge is 0.137 e. The molecule has 6 aromatic carbocycles. The quantitative estimate of drug-likeness (QED) is 0.217. The zero-order chi connectivity index (χ0) is 47.6. The molecular weight excluding hydrogens is 498 g/mol. The molecule has 0 N–H and O–H groups in total. The summed E-state index contributed by atoms with van der Waals surface area (Å²) in [5.74, 6) is 0. The van der Waals surface area contributed by atoms with E-state index in [4.69, 9.17) is 25.0 Å². The number of rotatable bonds is 4. The molecule has 1 aromatic heterocycles. The van der Waals surface area contributed by atoms with Gasteiger partial charge in [0.2, 0.25) is 0 Å². The fourth-order valence-corrected chi connectivity index (χ4v) is 5.02. The molecule has 0 spiro atoms. The molecule has 0 saturated heterocycles. The molecule has 2 nitrogen and oxygen atoms in total. The molecule has 0 unspecified atom stereocenters. The molecule has 41 heavy (non-hydrogen) atoms. The van der Waals surface area contributed by atoms with Crippen LogP contribution in [0.1, 0.15) is 56.5 Å². The summed E-state index contributed by atoms with van der Waals surface area (Å²) in [4.78, 5) is 0.641. The molecule has 0 bridgehead atoms. The number of nitrogens with zero attached hydrogens (tertiary/aromatic N) is 1. The minimum absolute atomic E-state index is 0.0433. The molecule has 2 heteroatoms. The van der Waals surface area contributed by atoms with Crippen LogP contribution in [0.15, 0.2) is 143 Å². The Balaban J connectivity index is 1.64. The number of fused-ring (bicyclic) bond motifs is 6. The van der Waals surface area contributed by atoms with Crippen molar-refractivity contribution >= 4 is 39.0 Å². The van der Waals surface area contributed by atoms with Crippen LogP contribution in [-0.4, -0.2) is 0 Å². The van der Waals surface area contributed by atoms with Crippen LogP contribution in [0.4, 0.5) is 17.1 Å². The molecule has 0 radical (unpaired) electrons. The van der Waals surface area contributed by atoms with Crippen LogP contribution in [-0.2, 0) is 5.41 Å². The highest BCUT2D eigenvalue weighted by atomic mass is 16.3. The summed E-state index contributed by atoms with van der Waals surface area (Å²) in [5, 5.41) is -1.02. The molecule has 7 aromatic rings. The Kier molecular flexibility index (Phi) is 2.21. The monoisotopic (exact) mass is 550 g/mol. The van der Waals surface area contributed by atoms with Gasteiger partial charge in [0.15, 0.2) is 0 Å². The third-order valence-electron chi connectivity index (χ3n) is 6.95. The second-order valence-electron chi connectivity index (χ2n) is 9.64. The number of benzene rings is 6. The fourth-order valence-electron chi connectivity index (χ4n) is 5.02. The van der Waals surface area contributed by atoms with Crippen molar-refractivity contribution in [2.24, 2.45) is 0 Å². The van der Waals surface area contributed by atoms with Crippen LogP contribution in [0.2, 0.25) is 0 Å². The zero-order valence-electron chi connectivity index (χ0n) is 44.4. The summed E-state index contributed by atoms with van der Waals surface area (Å²) >= 11 is 0. The first kappa shape index (κ1) is 10.1. The van der Waals surface area contributed by atoms with E-state index < -0.39 is 195 Å². The average Bonchev–Trinajstić information content (AvgIpc) is 3.77. The molecule has 0 aliphatic heterocycles. The van der Waals surface area contributed by atoms with E-state index in [1.165, 1.54) is 13.8 Å². The maximum atomic E-state index is 9.88. The third kappa shape index (κ3) is 3.64. The van der Waals surface area contributed by atoms with Crippen molar-refractivity contribution in [3.8, 4) is 22.3 Å². The fraction of sp³-hybridized carbons (Fsp3) is 0.0769. The van der Waals surface area contributed by atoms with Crippen LogP contribution in [0.3, 0.4) is 0 Å². The molecule has 1 aliphatic rings. The van der Waals surface area contributed by atoms with Gasteiger partial charge in [-0.3, -0.25) is 0 Å². The first-order chi connectivity index (χ1) is 29.7. The van der Waals surface area contributed by atoms with E-state index in [2.05, 4.69) is 0 Å². The number of para-hydroxylation sites is 1. The minimum Gasteiger partial charge on any atom is -0.456 e. The normalized spacial score (nSPS) is 21.2. The molecule has 1 aliphatic carbocycles. The first-order valence-corrected chi connectivity index (χ1v) is 12.3. The summed E-state index contributed by atoms with van der Waals surface area (Å²) in [7, 11) is 0. The summed E-state index contributed by atoms with van der Waals surface area (Å²) in [6, 6.07) is -19.2. The Bertz CT molecular complexity index is 3300. The Hall–Kier alpha value is -5.08. The molecule has 0 atom stereocenters. The molecule has 0 amide bonds. The lowest BCUT2D eigenvalue weighted by Crippen LogP contribution is -2.16. The van der Waals surface area contributed by atoms with Crippen LogP contribution in [0.25, 0.3) is 44.2 Å². The first-order valence-electron chi connectivity index (χ1n) is 23.8. The van der Waals surface area contributed by atoms with E-state index in [0.29, 0.717) is 4.90 Å². The van der Waals surface area contributed by atoms with Crippen molar-refractivity contribution in [1.29, 1.82) is 0 Å². The van der Waals surface area contributed by atoms with Gasteiger partial charge in [-0.15, -0.1) is 0 Å². The largest absolute Gasteiger partial charge is 0.456 e. The predicted octanol–water partition coefficient (Wildman–Crippen LogP) is 11.0. The molecule has 8 rings (SSSR count). The minimum atomic E-state index is -1.58. The van der Waals surface area contributed by atoms with Crippen molar-refractivity contribution in [2.75, 3.05) is 4.90 Å². The highest BCUT2D eigenvalue weighted by Crippen LogP contribution is 2.51. The predicted molar refractivity (Wildman–Crippen MR) is 171 cm³/mol. The Labute approximate surface area is 272 Å². The van der Waals surface area contributed by atoms with Crippen LogP contribution in [0, 0.1) is 0 Å². The van der Waals surface area contributed by atoms with Gasteiger partial charge < -0.3 is 9.32 Å². The maximum absolute atomic E-state index is 9.88. The Morgan fingerprint density at radius 3 is 2.07 bits per heavy atom. The van der Waals surface area contributed by atoms with Crippen molar-refractivity contribution in [2.45, 2.75) is 19.3 Å². The summed E-state index contributed by atoms with van der Waals surface area (Å²) in [5.41, 5.74) is -7.40. The highest BCUT2D eigenvalue weighted by Gasteiger charge is 2.35. The van der Waals surface area contributed by atoms with Crippen molar-refractivity contribution in [3.05, 3.63) is 150 Å². The lowest BCUT2D eigenvalue weighted by atomic mass is 9.82. The average molecular weight is 551 g/mol. The molecule has 196 valence electrons. The van der Waals surface area contributed by atoms with Gasteiger partial charge in [-0.1, -0.05) is 111 Å². The van der Waals surface area contributed by atoms with E-state index in [1.807, 2.05) is 0 Å². The van der Waals surface area contributed by atoms with E-state index in [-0.39, 0.29) is 22.3 Å². The number of furan rings is 1. The summed E-state index contributed by atoms with van der Waals surface area (Å²) in [6.07, 6.45) is 0. The second kappa shape index (κ2) is 8.97. The van der Waals surface area contributed by atoms with Crippen LogP contribution >= 0.6 is 0 Å². The van der Waals surface area contributed by atoms with E-state index in [0.717, 1.165) is 0 Å². The molecular formula is C39H29NO. The topological polar surface area (TPSA) is 16.4 Å². The van der Waals surface area contributed by atoms with Gasteiger partial charge in [0.05, 0.1) is 42.6 Å². The van der Waals surface area contributed by atoms with Gasteiger partial charge in [-0.25, -0.2) is 0 Å². The van der Waals surface area contributed by atoms with Gasteiger partial charge in [0.1, 0.15) is 11.2 Å². The van der Waals surface area contributed by atoms with Crippen molar-refractivity contribution < 1.29 is 35.9 Å². The van der Waals surface area contributed by atoms with Gasteiger partial charge >= 0.3 is 0 Å². The van der Waals surface area contributed by atoms with Gasteiger partial charge in [0, 0.05) is 22.2 Å². The number of anilines is 3. The second-order valence-corrected chi connectivity index (χ2v) is 9.64.